The summed E-state index contributed by atoms with van der Waals surface area (Å²) in [5, 5.41) is 10.6. The Balaban J connectivity index is 2.12. The molecule has 0 fully saturated rings. The van der Waals surface area contributed by atoms with Gasteiger partial charge < -0.3 is 5.11 Å². The zero-order valence-electron chi connectivity index (χ0n) is 11.7. The van der Waals surface area contributed by atoms with Crippen LogP contribution in [0.2, 0.25) is 0 Å². The van der Waals surface area contributed by atoms with Gasteiger partial charge in [0.1, 0.15) is 0 Å². The molecule has 2 aromatic rings. The lowest BCUT2D eigenvalue weighted by atomic mass is 9.99. The van der Waals surface area contributed by atoms with Crippen LogP contribution in [0.4, 0.5) is 0 Å². The van der Waals surface area contributed by atoms with Crippen molar-refractivity contribution in [2.75, 3.05) is 5.75 Å². The second-order valence-electron chi connectivity index (χ2n) is 5.20. The Morgan fingerprint density at radius 2 is 1.74 bits per heavy atom. The van der Waals surface area contributed by atoms with Crippen LogP contribution >= 0.6 is 11.8 Å². The summed E-state index contributed by atoms with van der Waals surface area (Å²) in [6.07, 6.45) is 0. The normalized spacial score (nSPS) is 14.1. The monoisotopic (exact) mass is 272 g/mol. The molecule has 2 rings (SSSR count). The molecule has 0 saturated carbocycles. The van der Waals surface area contributed by atoms with Gasteiger partial charge in [0.05, 0.1) is 5.60 Å². The summed E-state index contributed by atoms with van der Waals surface area (Å²) in [5.74, 6) is 0.654. The van der Waals surface area contributed by atoms with Gasteiger partial charge in [-0.3, -0.25) is 0 Å². The van der Waals surface area contributed by atoms with Crippen molar-refractivity contribution in [3.05, 3.63) is 65.2 Å². The van der Waals surface area contributed by atoms with Crippen LogP contribution in [0.15, 0.2) is 53.4 Å². The highest BCUT2D eigenvalue weighted by Crippen LogP contribution is 2.31. The van der Waals surface area contributed by atoms with Crippen LogP contribution < -0.4 is 0 Å². The number of aliphatic hydroxyl groups is 1. The van der Waals surface area contributed by atoms with Gasteiger partial charge in [-0.15, -0.1) is 11.8 Å². The maximum absolute atomic E-state index is 10.6. The van der Waals surface area contributed by atoms with Gasteiger partial charge in [0.2, 0.25) is 0 Å². The van der Waals surface area contributed by atoms with E-state index in [-0.39, 0.29) is 0 Å². The zero-order chi connectivity index (χ0) is 13.9. The SMILES string of the molecule is Cc1ccc(C)c(SCC(C)(O)c2ccccc2)c1. The molecular formula is C17H20OS. The summed E-state index contributed by atoms with van der Waals surface area (Å²) in [6, 6.07) is 16.3. The number of hydrogen-bond donors (Lipinski definition) is 1. The van der Waals surface area contributed by atoms with Gasteiger partial charge in [0, 0.05) is 10.6 Å². The van der Waals surface area contributed by atoms with Crippen molar-refractivity contribution < 1.29 is 5.11 Å². The number of aryl methyl sites for hydroxylation is 2. The molecule has 1 N–H and O–H groups in total. The van der Waals surface area contributed by atoms with E-state index in [9.17, 15) is 5.11 Å². The zero-order valence-corrected chi connectivity index (χ0v) is 12.5. The van der Waals surface area contributed by atoms with E-state index in [0.29, 0.717) is 5.75 Å². The Morgan fingerprint density at radius 3 is 2.42 bits per heavy atom. The molecule has 0 aliphatic heterocycles. The highest BCUT2D eigenvalue weighted by molar-refractivity contribution is 7.99. The highest BCUT2D eigenvalue weighted by Gasteiger charge is 2.23. The first-order valence-electron chi connectivity index (χ1n) is 6.47. The molecule has 1 nitrogen and oxygen atoms in total. The predicted octanol–water partition coefficient (Wildman–Crippen LogP) is 4.30. The Hall–Kier alpha value is -1.25. The predicted molar refractivity (Wildman–Crippen MR) is 82.7 cm³/mol. The number of hydrogen-bond acceptors (Lipinski definition) is 2. The van der Waals surface area contributed by atoms with Crippen molar-refractivity contribution >= 4 is 11.8 Å². The van der Waals surface area contributed by atoms with E-state index in [4.69, 9.17) is 0 Å². The van der Waals surface area contributed by atoms with E-state index in [1.807, 2.05) is 37.3 Å². The molecule has 0 aromatic heterocycles. The summed E-state index contributed by atoms with van der Waals surface area (Å²) in [7, 11) is 0. The summed E-state index contributed by atoms with van der Waals surface area (Å²) in [5.41, 5.74) is 2.68. The van der Waals surface area contributed by atoms with E-state index in [2.05, 4.69) is 32.0 Å². The standard InChI is InChI=1S/C17H20OS/c1-13-9-10-14(2)16(11-13)19-12-17(3,18)15-7-5-4-6-8-15/h4-11,18H,12H2,1-3H3. The van der Waals surface area contributed by atoms with Gasteiger partial charge in [-0.2, -0.15) is 0 Å². The largest absolute Gasteiger partial charge is 0.385 e. The van der Waals surface area contributed by atoms with Crippen molar-refractivity contribution in [2.24, 2.45) is 0 Å². The van der Waals surface area contributed by atoms with Crippen LogP contribution in [-0.4, -0.2) is 10.9 Å². The lowest BCUT2D eigenvalue weighted by molar-refractivity contribution is 0.0839. The first-order valence-corrected chi connectivity index (χ1v) is 7.45. The second kappa shape index (κ2) is 5.81. The first-order chi connectivity index (χ1) is 8.99. The number of thioether (sulfide) groups is 1. The van der Waals surface area contributed by atoms with Gasteiger partial charge >= 0.3 is 0 Å². The van der Waals surface area contributed by atoms with Gasteiger partial charge in [-0.05, 0) is 38.0 Å². The molecule has 0 aliphatic carbocycles. The molecular weight excluding hydrogens is 252 g/mol. The topological polar surface area (TPSA) is 20.2 Å². The van der Waals surface area contributed by atoms with Crippen molar-refractivity contribution in [3.8, 4) is 0 Å². The molecule has 2 aromatic carbocycles. The molecule has 19 heavy (non-hydrogen) atoms. The van der Waals surface area contributed by atoms with Gasteiger partial charge in [-0.25, -0.2) is 0 Å². The van der Waals surface area contributed by atoms with E-state index >= 15 is 0 Å². The second-order valence-corrected chi connectivity index (χ2v) is 6.21. The van der Waals surface area contributed by atoms with E-state index in [0.717, 1.165) is 5.56 Å². The van der Waals surface area contributed by atoms with Crippen molar-refractivity contribution in [3.63, 3.8) is 0 Å². The average Bonchev–Trinajstić information content (AvgIpc) is 2.41. The fourth-order valence-corrected chi connectivity index (χ4v) is 3.13. The smallest absolute Gasteiger partial charge is 0.0962 e. The molecule has 0 aliphatic rings. The van der Waals surface area contributed by atoms with Crippen molar-refractivity contribution in [2.45, 2.75) is 31.3 Å². The van der Waals surface area contributed by atoms with E-state index in [1.165, 1.54) is 16.0 Å². The summed E-state index contributed by atoms with van der Waals surface area (Å²) < 4.78 is 0. The quantitative estimate of drug-likeness (QED) is 0.837. The van der Waals surface area contributed by atoms with Crippen LogP contribution in [0.1, 0.15) is 23.6 Å². The van der Waals surface area contributed by atoms with Crippen LogP contribution in [0.3, 0.4) is 0 Å². The minimum absolute atomic E-state index is 0.654. The Bertz CT molecular complexity index is 546. The molecule has 0 saturated heterocycles. The molecule has 0 spiro atoms. The highest BCUT2D eigenvalue weighted by atomic mass is 32.2. The van der Waals surface area contributed by atoms with Crippen LogP contribution in [0.25, 0.3) is 0 Å². The molecule has 2 heteroatoms. The minimum atomic E-state index is -0.803. The van der Waals surface area contributed by atoms with Gasteiger partial charge in [0.25, 0.3) is 0 Å². The van der Waals surface area contributed by atoms with Crippen molar-refractivity contribution in [1.29, 1.82) is 0 Å². The van der Waals surface area contributed by atoms with E-state index in [1.54, 1.807) is 11.8 Å². The molecule has 0 bridgehead atoms. The van der Waals surface area contributed by atoms with Crippen LogP contribution in [-0.2, 0) is 5.60 Å². The molecule has 100 valence electrons. The first kappa shape index (κ1) is 14.2. The van der Waals surface area contributed by atoms with Gasteiger partial charge in [-0.1, -0.05) is 48.0 Å². The Kier molecular flexibility index (Phi) is 4.33. The molecule has 0 heterocycles. The summed E-state index contributed by atoms with van der Waals surface area (Å²) in [4.78, 5) is 1.25. The van der Waals surface area contributed by atoms with Crippen LogP contribution in [0.5, 0.6) is 0 Å². The lowest BCUT2D eigenvalue weighted by Crippen LogP contribution is -2.24. The lowest BCUT2D eigenvalue weighted by Gasteiger charge is -2.23. The van der Waals surface area contributed by atoms with Gasteiger partial charge in [0.15, 0.2) is 0 Å². The van der Waals surface area contributed by atoms with E-state index < -0.39 is 5.60 Å². The maximum atomic E-state index is 10.6. The Morgan fingerprint density at radius 1 is 1.05 bits per heavy atom. The fraction of sp³-hybridized carbons (Fsp3) is 0.294. The molecule has 1 unspecified atom stereocenters. The average molecular weight is 272 g/mol. The fourth-order valence-electron chi connectivity index (χ4n) is 1.96. The minimum Gasteiger partial charge on any atom is -0.385 e. The third kappa shape index (κ3) is 3.62. The summed E-state index contributed by atoms with van der Waals surface area (Å²) >= 11 is 1.71. The molecule has 1 atom stereocenters. The van der Waals surface area contributed by atoms with Crippen LogP contribution in [0, 0.1) is 13.8 Å². The summed E-state index contributed by atoms with van der Waals surface area (Å²) in [6.45, 7) is 6.08. The third-order valence-corrected chi connectivity index (χ3v) is 4.71. The molecule has 0 amide bonds. The molecule has 0 radical (unpaired) electrons. The third-order valence-electron chi connectivity index (χ3n) is 3.25. The number of benzene rings is 2. The Labute approximate surface area is 119 Å². The maximum Gasteiger partial charge on any atom is 0.0962 e. The van der Waals surface area contributed by atoms with Crippen molar-refractivity contribution in [1.82, 2.24) is 0 Å². The number of rotatable bonds is 4.